The Balaban J connectivity index is 2.98. The summed E-state index contributed by atoms with van der Waals surface area (Å²) < 4.78 is 0. The van der Waals surface area contributed by atoms with Crippen molar-refractivity contribution in [3.63, 3.8) is 0 Å². The summed E-state index contributed by atoms with van der Waals surface area (Å²) in [6.07, 6.45) is -15.5. The zero-order valence-electron chi connectivity index (χ0n) is 18.9. The summed E-state index contributed by atoms with van der Waals surface area (Å²) in [4.78, 5) is 12.0. The van der Waals surface area contributed by atoms with Gasteiger partial charge in [0.1, 0.15) is 36.6 Å². The summed E-state index contributed by atoms with van der Waals surface area (Å²) in [6.45, 7) is -2.47. The van der Waals surface area contributed by atoms with Crippen molar-refractivity contribution in [2.75, 3.05) is 26.3 Å². The second kappa shape index (κ2) is 15.2. The topological polar surface area (TPSA) is 255 Å². The summed E-state index contributed by atoms with van der Waals surface area (Å²) in [5.41, 5.74) is 1.26. The van der Waals surface area contributed by atoms with Crippen molar-refractivity contribution >= 4 is 6.09 Å². The standard InChI is InChI=1S/C21H36N2O12/c24-9-15(28)19(32)17(30)13(26)7-23(8-14(27)18(31)20(33)16(29)10-25)6-12-3-1-11(2-4-12)5-22-21(34)35/h1-4,13-20,22,24-33H,5-10H2,(H,34,35)/t13-,14-,15+,16+,17+,18+,19+,20+/m0/s1. The lowest BCUT2D eigenvalue weighted by Crippen LogP contribution is -2.53. The molecule has 1 rings (SSSR count). The predicted octanol–water partition coefficient (Wildman–Crippen LogP) is -4.87. The molecule has 14 heteroatoms. The summed E-state index contributed by atoms with van der Waals surface area (Å²) in [5, 5.41) is 108. The zero-order valence-corrected chi connectivity index (χ0v) is 18.9. The lowest BCUT2D eigenvalue weighted by atomic mass is 10.0. The van der Waals surface area contributed by atoms with E-state index in [1.807, 2.05) is 0 Å². The number of carboxylic acid groups (broad SMARTS) is 1. The van der Waals surface area contributed by atoms with Gasteiger partial charge in [-0.25, -0.2) is 4.79 Å². The second-order valence-electron chi connectivity index (χ2n) is 8.27. The molecule has 0 heterocycles. The van der Waals surface area contributed by atoms with Crippen molar-refractivity contribution in [2.45, 2.75) is 61.9 Å². The first-order valence-electron chi connectivity index (χ1n) is 10.8. The summed E-state index contributed by atoms with van der Waals surface area (Å²) in [6, 6.07) is 6.52. The normalized spacial score (nSPS) is 18.8. The molecule has 0 spiro atoms. The number of carbonyl (C=O) groups is 1. The molecule has 1 amide bonds. The lowest BCUT2D eigenvalue weighted by molar-refractivity contribution is -0.131. The molecule has 12 N–H and O–H groups in total. The van der Waals surface area contributed by atoms with Crippen molar-refractivity contribution in [3.05, 3.63) is 35.4 Å². The number of nitrogens with zero attached hydrogens (tertiary/aromatic N) is 1. The molecule has 0 radical (unpaired) electrons. The van der Waals surface area contributed by atoms with Gasteiger partial charge >= 0.3 is 6.09 Å². The SMILES string of the molecule is O=C(O)NCc1ccc(CN(C[C@H](O)[C@@H](O)[C@H](O)[C@H](O)CO)C[C@H](O)[C@@H](O)[C@H](O)[C@H](O)CO)cc1. The molecule has 1 aromatic carbocycles. The molecule has 1 aromatic rings. The van der Waals surface area contributed by atoms with Gasteiger partial charge in [0.15, 0.2) is 0 Å². The van der Waals surface area contributed by atoms with Crippen LogP contribution in [0.2, 0.25) is 0 Å². The highest BCUT2D eigenvalue weighted by molar-refractivity contribution is 5.64. The summed E-state index contributed by atoms with van der Waals surface area (Å²) in [5.74, 6) is 0. The first-order chi connectivity index (χ1) is 16.4. The van der Waals surface area contributed by atoms with Crippen LogP contribution >= 0.6 is 0 Å². The molecule has 0 saturated heterocycles. The minimum absolute atomic E-state index is 0.0114. The Labute approximate surface area is 201 Å². The first kappa shape index (κ1) is 31.1. The van der Waals surface area contributed by atoms with Crippen LogP contribution in [0.1, 0.15) is 11.1 Å². The molecule has 8 atom stereocenters. The van der Waals surface area contributed by atoms with Gasteiger partial charge in [-0.1, -0.05) is 24.3 Å². The van der Waals surface area contributed by atoms with Crippen LogP contribution in [0.4, 0.5) is 4.79 Å². The largest absolute Gasteiger partial charge is 0.465 e. The van der Waals surface area contributed by atoms with Gasteiger partial charge in [0.25, 0.3) is 0 Å². The molecule has 0 fully saturated rings. The maximum Gasteiger partial charge on any atom is 0.404 e. The van der Waals surface area contributed by atoms with Crippen molar-refractivity contribution in [1.29, 1.82) is 0 Å². The predicted molar refractivity (Wildman–Crippen MR) is 119 cm³/mol. The molecule has 0 bridgehead atoms. The molecule has 0 aliphatic heterocycles. The van der Waals surface area contributed by atoms with E-state index in [9.17, 15) is 45.6 Å². The van der Waals surface area contributed by atoms with Gasteiger partial charge in [0.2, 0.25) is 0 Å². The van der Waals surface area contributed by atoms with Crippen molar-refractivity contribution < 1.29 is 61.0 Å². The van der Waals surface area contributed by atoms with Crippen LogP contribution in [-0.2, 0) is 13.1 Å². The van der Waals surface area contributed by atoms with E-state index in [-0.39, 0.29) is 13.1 Å². The third-order valence-corrected chi connectivity index (χ3v) is 5.41. The van der Waals surface area contributed by atoms with E-state index in [0.29, 0.717) is 11.1 Å². The maximum absolute atomic E-state index is 10.6. The molecule has 0 aliphatic carbocycles. The Morgan fingerprint density at radius 1 is 0.686 bits per heavy atom. The van der Waals surface area contributed by atoms with Gasteiger partial charge < -0.3 is 61.5 Å². The van der Waals surface area contributed by atoms with Crippen LogP contribution in [0.3, 0.4) is 0 Å². The summed E-state index contributed by atoms with van der Waals surface area (Å²) >= 11 is 0. The van der Waals surface area contributed by atoms with Gasteiger partial charge in [0.05, 0.1) is 25.4 Å². The van der Waals surface area contributed by atoms with Crippen LogP contribution in [-0.4, -0.2) is 142 Å². The summed E-state index contributed by atoms with van der Waals surface area (Å²) in [7, 11) is 0. The van der Waals surface area contributed by atoms with Crippen LogP contribution in [0.25, 0.3) is 0 Å². The Kier molecular flexibility index (Phi) is 13.5. The number of amides is 1. The Hall–Kier alpha value is -1.95. The Bertz CT molecular complexity index is 710. The van der Waals surface area contributed by atoms with Gasteiger partial charge in [-0.15, -0.1) is 0 Å². The first-order valence-corrected chi connectivity index (χ1v) is 10.8. The van der Waals surface area contributed by atoms with E-state index >= 15 is 0 Å². The van der Waals surface area contributed by atoms with Crippen LogP contribution in [0.5, 0.6) is 0 Å². The van der Waals surface area contributed by atoms with Crippen LogP contribution in [0.15, 0.2) is 24.3 Å². The number of aliphatic hydroxyl groups excluding tert-OH is 10. The highest BCUT2D eigenvalue weighted by atomic mass is 16.4. The Morgan fingerprint density at radius 2 is 1.06 bits per heavy atom. The molecule has 35 heavy (non-hydrogen) atoms. The van der Waals surface area contributed by atoms with Crippen molar-refractivity contribution in [1.82, 2.24) is 10.2 Å². The average Bonchev–Trinajstić information content (AvgIpc) is 2.84. The van der Waals surface area contributed by atoms with Crippen LogP contribution < -0.4 is 5.32 Å². The van der Waals surface area contributed by atoms with Gasteiger partial charge in [-0.3, -0.25) is 4.90 Å². The molecule has 14 nitrogen and oxygen atoms in total. The monoisotopic (exact) mass is 508 g/mol. The second-order valence-corrected chi connectivity index (χ2v) is 8.27. The van der Waals surface area contributed by atoms with Crippen molar-refractivity contribution in [2.24, 2.45) is 0 Å². The third kappa shape index (κ3) is 10.3. The van der Waals surface area contributed by atoms with Gasteiger partial charge in [-0.2, -0.15) is 0 Å². The van der Waals surface area contributed by atoms with Crippen LogP contribution in [0, 0.1) is 0 Å². The molecule has 202 valence electrons. The van der Waals surface area contributed by atoms with E-state index < -0.39 is 81.2 Å². The molecule has 0 unspecified atom stereocenters. The number of benzene rings is 1. The zero-order chi connectivity index (χ0) is 26.7. The highest BCUT2D eigenvalue weighted by Crippen LogP contribution is 2.14. The quantitative estimate of drug-likeness (QED) is 0.100. The molecular formula is C21H36N2O12. The van der Waals surface area contributed by atoms with Gasteiger partial charge in [-0.05, 0) is 11.1 Å². The molecule has 0 aromatic heterocycles. The average molecular weight is 509 g/mol. The molecule has 0 aliphatic rings. The minimum atomic E-state index is -1.88. The van der Waals surface area contributed by atoms with E-state index in [1.165, 1.54) is 4.90 Å². The number of aliphatic hydroxyl groups is 10. The van der Waals surface area contributed by atoms with E-state index in [2.05, 4.69) is 5.32 Å². The number of hydrogen-bond donors (Lipinski definition) is 12. The Morgan fingerprint density at radius 3 is 1.43 bits per heavy atom. The maximum atomic E-state index is 10.6. The fourth-order valence-corrected chi connectivity index (χ4v) is 3.27. The lowest BCUT2D eigenvalue weighted by Gasteiger charge is -2.33. The smallest absolute Gasteiger partial charge is 0.404 e. The van der Waals surface area contributed by atoms with Gasteiger partial charge in [0, 0.05) is 26.2 Å². The third-order valence-electron chi connectivity index (χ3n) is 5.41. The fourth-order valence-electron chi connectivity index (χ4n) is 3.27. The number of hydrogen-bond acceptors (Lipinski definition) is 12. The van der Waals surface area contributed by atoms with E-state index in [1.54, 1.807) is 24.3 Å². The number of rotatable bonds is 16. The van der Waals surface area contributed by atoms with E-state index in [0.717, 1.165) is 0 Å². The highest BCUT2D eigenvalue weighted by Gasteiger charge is 2.34. The van der Waals surface area contributed by atoms with E-state index in [4.69, 9.17) is 15.3 Å². The number of nitrogens with one attached hydrogen (secondary N) is 1. The van der Waals surface area contributed by atoms with Crippen molar-refractivity contribution in [3.8, 4) is 0 Å². The molecule has 0 saturated carbocycles. The fraction of sp³-hybridized carbons (Fsp3) is 0.667. The minimum Gasteiger partial charge on any atom is -0.465 e. The molecular weight excluding hydrogens is 472 g/mol.